The Bertz CT molecular complexity index is 325. The predicted octanol–water partition coefficient (Wildman–Crippen LogP) is 1.96. The van der Waals surface area contributed by atoms with E-state index in [9.17, 15) is 9.59 Å². The van der Waals surface area contributed by atoms with Crippen LogP contribution in [0.25, 0.3) is 0 Å². The van der Waals surface area contributed by atoms with Gasteiger partial charge in [0.25, 0.3) is 0 Å². The Morgan fingerprint density at radius 3 is 2.62 bits per heavy atom. The molecule has 0 aromatic carbocycles. The van der Waals surface area contributed by atoms with Gasteiger partial charge < -0.3 is 15.0 Å². The Labute approximate surface area is 128 Å². The number of hydrogen-bond acceptors (Lipinski definition) is 4. The third-order valence-corrected chi connectivity index (χ3v) is 3.87. The summed E-state index contributed by atoms with van der Waals surface area (Å²) in [5.41, 5.74) is 0. The number of amides is 1. The van der Waals surface area contributed by atoms with E-state index in [2.05, 4.69) is 23.9 Å². The number of carbonyl (C=O) groups excluding carboxylic acids is 2. The van der Waals surface area contributed by atoms with Crippen LogP contribution in [0.1, 0.15) is 52.4 Å². The van der Waals surface area contributed by atoms with Crippen molar-refractivity contribution in [2.75, 3.05) is 26.7 Å². The molecule has 1 atom stereocenters. The van der Waals surface area contributed by atoms with Gasteiger partial charge in [0, 0.05) is 25.6 Å². The maximum Gasteiger partial charge on any atom is 0.307 e. The normalized spacial score (nSPS) is 18.6. The lowest BCUT2D eigenvalue weighted by Crippen LogP contribution is -2.38. The van der Waals surface area contributed by atoms with E-state index in [1.807, 2.05) is 4.90 Å². The molecule has 1 aliphatic rings. The topological polar surface area (TPSA) is 58.6 Å². The third-order valence-electron chi connectivity index (χ3n) is 3.87. The van der Waals surface area contributed by atoms with E-state index in [4.69, 9.17) is 0 Å². The van der Waals surface area contributed by atoms with Gasteiger partial charge in [-0.15, -0.1) is 0 Å². The molecule has 0 radical (unpaired) electrons. The van der Waals surface area contributed by atoms with Crippen LogP contribution in [0.3, 0.4) is 0 Å². The summed E-state index contributed by atoms with van der Waals surface area (Å²) < 4.78 is 4.65. The maximum atomic E-state index is 12.4. The lowest BCUT2D eigenvalue weighted by Gasteiger charge is -2.27. The molecule has 0 aromatic rings. The molecular weight excluding hydrogens is 268 g/mol. The molecular formula is C16H30N2O3. The first-order chi connectivity index (χ1) is 10.0. The van der Waals surface area contributed by atoms with Crippen molar-refractivity contribution in [2.24, 2.45) is 5.92 Å². The summed E-state index contributed by atoms with van der Waals surface area (Å²) in [7, 11) is 1.38. The van der Waals surface area contributed by atoms with E-state index in [1.54, 1.807) is 0 Å². The van der Waals surface area contributed by atoms with Crippen LogP contribution in [-0.2, 0) is 14.3 Å². The van der Waals surface area contributed by atoms with Gasteiger partial charge in [-0.3, -0.25) is 9.59 Å². The molecule has 5 nitrogen and oxygen atoms in total. The molecule has 1 saturated heterocycles. The number of carbonyl (C=O) groups is 2. The summed E-state index contributed by atoms with van der Waals surface area (Å²) in [5, 5.41) is 3.47. The minimum absolute atomic E-state index is 0.153. The number of nitrogens with one attached hydrogen (secondary N) is 1. The molecule has 5 heteroatoms. The number of esters is 1. The second-order valence-corrected chi connectivity index (χ2v) is 6.25. The van der Waals surface area contributed by atoms with E-state index in [0.717, 1.165) is 13.0 Å². The minimum Gasteiger partial charge on any atom is -0.469 e. The number of nitrogens with zero attached hydrogens (tertiary/aromatic N) is 1. The van der Waals surface area contributed by atoms with Crippen molar-refractivity contribution >= 4 is 11.9 Å². The second-order valence-electron chi connectivity index (χ2n) is 6.25. The molecule has 1 amide bonds. The molecule has 1 rings (SSSR count). The van der Waals surface area contributed by atoms with E-state index in [-0.39, 0.29) is 18.3 Å². The van der Waals surface area contributed by atoms with E-state index >= 15 is 0 Å². The van der Waals surface area contributed by atoms with Crippen molar-refractivity contribution in [3.63, 3.8) is 0 Å². The van der Waals surface area contributed by atoms with Gasteiger partial charge in [-0.05, 0) is 31.7 Å². The summed E-state index contributed by atoms with van der Waals surface area (Å²) in [4.78, 5) is 25.4. The van der Waals surface area contributed by atoms with Crippen LogP contribution in [0, 0.1) is 5.92 Å². The second kappa shape index (κ2) is 9.77. The number of ether oxygens (including phenoxy) is 1. The van der Waals surface area contributed by atoms with E-state index < -0.39 is 0 Å². The van der Waals surface area contributed by atoms with Gasteiger partial charge in [-0.25, -0.2) is 0 Å². The van der Waals surface area contributed by atoms with Crippen LogP contribution in [0.4, 0.5) is 0 Å². The average Bonchev–Trinajstić information content (AvgIpc) is 2.49. The van der Waals surface area contributed by atoms with Crippen molar-refractivity contribution in [1.29, 1.82) is 0 Å². The molecule has 0 aromatic heterocycles. The molecule has 0 bridgehead atoms. The minimum atomic E-state index is -0.259. The number of piperidine rings is 1. The van der Waals surface area contributed by atoms with Crippen LogP contribution >= 0.6 is 0 Å². The number of hydrogen-bond donors (Lipinski definition) is 1. The summed E-state index contributed by atoms with van der Waals surface area (Å²) >= 11 is 0. The molecule has 1 N–H and O–H groups in total. The molecule has 122 valence electrons. The number of rotatable bonds is 8. The lowest BCUT2D eigenvalue weighted by atomic mass is 10.00. The van der Waals surface area contributed by atoms with Crippen LogP contribution in [-0.4, -0.2) is 49.6 Å². The molecule has 0 spiro atoms. The van der Waals surface area contributed by atoms with Gasteiger partial charge in [-0.1, -0.05) is 20.3 Å². The lowest BCUT2D eigenvalue weighted by molar-refractivity contribution is -0.142. The smallest absolute Gasteiger partial charge is 0.307 e. The maximum absolute atomic E-state index is 12.4. The Balaban J connectivity index is 2.39. The predicted molar refractivity (Wildman–Crippen MR) is 82.9 cm³/mol. The van der Waals surface area contributed by atoms with Crippen LogP contribution in [0.5, 0.6) is 0 Å². The SMILES string of the molecule is COC(=O)CCN(CC(C)C)C(=O)CCC1CCCCN1. The number of methoxy groups -OCH3 is 1. The Hall–Kier alpha value is -1.10. The monoisotopic (exact) mass is 298 g/mol. The molecule has 1 unspecified atom stereocenters. The summed E-state index contributed by atoms with van der Waals surface area (Å²) in [6, 6.07) is 0.476. The highest BCUT2D eigenvalue weighted by molar-refractivity contribution is 5.77. The van der Waals surface area contributed by atoms with Crippen molar-refractivity contribution in [1.82, 2.24) is 10.2 Å². The fraction of sp³-hybridized carbons (Fsp3) is 0.875. The zero-order chi connectivity index (χ0) is 15.7. The van der Waals surface area contributed by atoms with Gasteiger partial charge in [0.05, 0.1) is 13.5 Å². The van der Waals surface area contributed by atoms with Crippen LogP contribution in [0.15, 0.2) is 0 Å². The summed E-state index contributed by atoms with van der Waals surface area (Å²) in [6.07, 6.45) is 5.39. The fourth-order valence-electron chi connectivity index (χ4n) is 2.71. The average molecular weight is 298 g/mol. The molecule has 1 aliphatic heterocycles. The van der Waals surface area contributed by atoms with E-state index in [1.165, 1.54) is 26.4 Å². The summed E-state index contributed by atoms with van der Waals surface area (Å²) in [5.74, 6) is 0.296. The molecule has 0 aliphatic carbocycles. The van der Waals surface area contributed by atoms with Crippen molar-refractivity contribution in [2.45, 2.75) is 58.4 Å². The largest absolute Gasteiger partial charge is 0.469 e. The zero-order valence-electron chi connectivity index (χ0n) is 13.7. The Morgan fingerprint density at radius 1 is 1.29 bits per heavy atom. The first-order valence-corrected chi connectivity index (χ1v) is 8.11. The first kappa shape index (κ1) is 18.0. The molecule has 1 heterocycles. The highest BCUT2D eigenvalue weighted by atomic mass is 16.5. The van der Waals surface area contributed by atoms with Gasteiger partial charge in [0.15, 0.2) is 0 Å². The fourth-order valence-corrected chi connectivity index (χ4v) is 2.71. The van der Waals surface area contributed by atoms with Crippen LogP contribution in [0.2, 0.25) is 0 Å². The first-order valence-electron chi connectivity index (χ1n) is 8.11. The van der Waals surface area contributed by atoms with Gasteiger partial charge >= 0.3 is 5.97 Å². The molecule has 1 fully saturated rings. The van der Waals surface area contributed by atoms with Crippen LogP contribution < -0.4 is 5.32 Å². The highest BCUT2D eigenvalue weighted by Crippen LogP contribution is 2.13. The van der Waals surface area contributed by atoms with Crippen molar-refractivity contribution < 1.29 is 14.3 Å². The van der Waals surface area contributed by atoms with Crippen molar-refractivity contribution in [3.05, 3.63) is 0 Å². The standard InChI is InChI=1S/C16H30N2O3/c1-13(2)12-18(11-9-16(20)21-3)15(19)8-7-14-6-4-5-10-17-14/h13-14,17H,4-12H2,1-3H3. The quantitative estimate of drug-likeness (QED) is 0.696. The summed E-state index contributed by atoms with van der Waals surface area (Å²) in [6.45, 7) is 6.40. The Morgan fingerprint density at radius 2 is 2.05 bits per heavy atom. The molecule has 0 saturated carbocycles. The zero-order valence-corrected chi connectivity index (χ0v) is 13.7. The Kier molecular flexibility index (Phi) is 8.35. The van der Waals surface area contributed by atoms with Gasteiger partial charge in [-0.2, -0.15) is 0 Å². The highest BCUT2D eigenvalue weighted by Gasteiger charge is 2.19. The van der Waals surface area contributed by atoms with Gasteiger partial charge in [0.2, 0.25) is 5.91 Å². The van der Waals surface area contributed by atoms with Crippen molar-refractivity contribution in [3.8, 4) is 0 Å². The third kappa shape index (κ3) is 7.46. The van der Waals surface area contributed by atoms with E-state index in [0.29, 0.717) is 31.5 Å². The van der Waals surface area contributed by atoms with Gasteiger partial charge in [0.1, 0.15) is 0 Å². The molecule has 21 heavy (non-hydrogen) atoms.